The summed E-state index contributed by atoms with van der Waals surface area (Å²) in [7, 11) is 0. The average molecular weight is 455 g/mol. The van der Waals surface area contributed by atoms with Gasteiger partial charge >= 0.3 is 0 Å². The Labute approximate surface area is 188 Å². The zero-order valence-electron chi connectivity index (χ0n) is 16.6. The third-order valence-corrected chi connectivity index (χ3v) is 5.88. The van der Waals surface area contributed by atoms with E-state index in [0.717, 1.165) is 12.0 Å². The summed E-state index contributed by atoms with van der Waals surface area (Å²) in [6.07, 6.45) is 1.26. The van der Waals surface area contributed by atoms with Gasteiger partial charge in [0.15, 0.2) is 5.13 Å². The van der Waals surface area contributed by atoms with Gasteiger partial charge in [-0.3, -0.25) is 19.7 Å². The number of carbonyl (C=O) groups is 3. The van der Waals surface area contributed by atoms with Crippen molar-refractivity contribution in [1.82, 2.24) is 4.98 Å². The van der Waals surface area contributed by atoms with Crippen molar-refractivity contribution in [1.29, 1.82) is 0 Å². The van der Waals surface area contributed by atoms with Gasteiger partial charge in [0.1, 0.15) is 0 Å². The molecule has 2 N–H and O–H groups in total. The van der Waals surface area contributed by atoms with E-state index in [-0.39, 0.29) is 17.7 Å². The van der Waals surface area contributed by atoms with Crippen LogP contribution in [0.15, 0.2) is 47.8 Å². The lowest BCUT2D eigenvalue weighted by Crippen LogP contribution is -2.24. The van der Waals surface area contributed by atoms with E-state index in [0.29, 0.717) is 45.8 Å². The largest absolute Gasteiger partial charge is 0.326 e. The summed E-state index contributed by atoms with van der Waals surface area (Å²) in [6.45, 7) is 2.05. The lowest BCUT2D eigenvalue weighted by molar-refractivity contribution is -0.117. The highest BCUT2D eigenvalue weighted by Gasteiger charge is 2.24. The molecule has 1 aliphatic rings. The normalized spacial score (nSPS) is 13.4. The van der Waals surface area contributed by atoms with Gasteiger partial charge in [-0.1, -0.05) is 23.7 Å². The summed E-state index contributed by atoms with van der Waals surface area (Å²) >= 11 is 7.57. The monoisotopic (exact) mass is 454 g/mol. The van der Waals surface area contributed by atoms with Crippen molar-refractivity contribution in [2.45, 2.75) is 19.8 Å². The van der Waals surface area contributed by atoms with Crippen LogP contribution < -0.4 is 15.5 Å². The lowest BCUT2D eigenvalue weighted by atomic mass is 10.1. The number of anilines is 3. The van der Waals surface area contributed by atoms with E-state index in [2.05, 4.69) is 15.6 Å². The second-order valence-corrected chi connectivity index (χ2v) is 8.33. The van der Waals surface area contributed by atoms with E-state index in [1.165, 1.54) is 18.3 Å². The fourth-order valence-corrected chi connectivity index (χ4v) is 4.26. The van der Waals surface area contributed by atoms with Gasteiger partial charge in [-0.25, -0.2) is 4.98 Å². The fraction of sp³-hybridized carbons (Fsp3) is 0.182. The molecule has 0 unspecified atom stereocenters. The molecule has 0 spiro atoms. The highest BCUT2D eigenvalue weighted by atomic mass is 35.5. The van der Waals surface area contributed by atoms with Crippen LogP contribution >= 0.6 is 22.9 Å². The quantitative estimate of drug-likeness (QED) is 0.579. The highest BCUT2D eigenvalue weighted by Crippen LogP contribution is 2.31. The van der Waals surface area contributed by atoms with Gasteiger partial charge in [-0.15, -0.1) is 11.3 Å². The Balaban J connectivity index is 1.48. The van der Waals surface area contributed by atoms with Gasteiger partial charge in [0.05, 0.1) is 16.4 Å². The molecule has 0 atom stereocenters. The van der Waals surface area contributed by atoms with Gasteiger partial charge in [0.25, 0.3) is 5.91 Å². The molecule has 158 valence electrons. The number of nitrogens with zero attached hydrogens (tertiary/aromatic N) is 2. The van der Waals surface area contributed by atoms with Crippen LogP contribution in [0.4, 0.5) is 16.5 Å². The molecule has 2 heterocycles. The number of thiazole rings is 1. The number of aromatic nitrogens is 1. The topological polar surface area (TPSA) is 91.4 Å². The number of carbonyl (C=O) groups excluding carboxylic acids is 3. The maximum Gasteiger partial charge on any atom is 0.257 e. The molecule has 9 heteroatoms. The Morgan fingerprint density at radius 3 is 2.58 bits per heavy atom. The molecule has 1 fully saturated rings. The van der Waals surface area contributed by atoms with Crippen molar-refractivity contribution in [3.63, 3.8) is 0 Å². The van der Waals surface area contributed by atoms with Gasteiger partial charge < -0.3 is 10.2 Å². The van der Waals surface area contributed by atoms with Gasteiger partial charge in [-0.2, -0.15) is 0 Å². The van der Waals surface area contributed by atoms with E-state index >= 15 is 0 Å². The Morgan fingerprint density at radius 2 is 1.90 bits per heavy atom. The summed E-state index contributed by atoms with van der Waals surface area (Å²) in [5.41, 5.74) is 3.24. The summed E-state index contributed by atoms with van der Waals surface area (Å²) in [6, 6.07) is 12.2. The van der Waals surface area contributed by atoms with Crippen LogP contribution in [0.2, 0.25) is 5.02 Å². The molecule has 1 aromatic heterocycles. The van der Waals surface area contributed by atoms with Crippen molar-refractivity contribution in [3.8, 4) is 11.3 Å². The smallest absolute Gasteiger partial charge is 0.257 e. The van der Waals surface area contributed by atoms with Crippen molar-refractivity contribution in [2.24, 2.45) is 0 Å². The second kappa shape index (κ2) is 8.87. The SMILES string of the molecule is CC(=O)Nc1ccc(-c2csc(NC(=O)c3ccc(Cl)c(N4CCCC4=O)c3)n2)cc1. The molecule has 3 amide bonds. The van der Waals surface area contributed by atoms with E-state index in [4.69, 9.17) is 11.6 Å². The molecule has 1 aliphatic heterocycles. The second-order valence-electron chi connectivity index (χ2n) is 7.07. The molecular formula is C22H19ClN4O3S. The van der Waals surface area contributed by atoms with Crippen LogP contribution in [0, 0.1) is 0 Å². The molecule has 3 aromatic rings. The molecular weight excluding hydrogens is 436 g/mol. The minimum absolute atomic E-state index is 0.00791. The maximum atomic E-state index is 12.7. The van der Waals surface area contributed by atoms with Crippen LogP contribution in [0.1, 0.15) is 30.1 Å². The number of halogens is 1. The molecule has 0 aliphatic carbocycles. The Hall–Kier alpha value is -3.23. The maximum absolute atomic E-state index is 12.7. The highest BCUT2D eigenvalue weighted by molar-refractivity contribution is 7.14. The van der Waals surface area contributed by atoms with Crippen molar-refractivity contribution in [3.05, 3.63) is 58.4 Å². The predicted octanol–water partition coefficient (Wildman–Crippen LogP) is 4.80. The number of amides is 3. The molecule has 1 saturated heterocycles. The molecule has 31 heavy (non-hydrogen) atoms. The minimum Gasteiger partial charge on any atom is -0.326 e. The molecule has 0 bridgehead atoms. The Kier molecular flexibility index (Phi) is 6.01. The lowest BCUT2D eigenvalue weighted by Gasteiger charge is -2.18. The van der Waals surface area contributed by atoms with Gasteiger partial charge in [-0.05, 0) is 36.8 Å². The number of hydrogen-bond donors (Lipinski definition) is 2. The van der Waals surface area contributed by atoms with Crippen LogP contribution in [-0.2, 0) is 9.59 Å². The molecule has 2 aromatic carbocycles. The summed E-state index contributed by atoms with van der Waals surface area (Å²) in [4.78, 5) is 42.0. The Morgan fingerprint density at radius 1 is 1.13 bits per heavy atom. The number of benzene rings is 2. The Bertz CT molecular complexity index is 1160. The van der Waals surface area contributed by atoms with Crippen molar-refractivity contribution in [2.75, 3.05) is 22.1 Å². The van der Waals surface area contributed by atoms with E-state index in [1.54, 1.807) is 35.2 Å². The summed E-state index contributed by atoms with van der Waals surface area (Å²) in [5, 5.41) is 8.26. The van der Waals surface area contributed by atoms with Crippen LogP contribution in [-0.4, -0.2) is 29.3 Å². The first kappa shape index (κ1) is 21.0. The molecule has 0 radical (unpaired) electrons. The molecule has 4 rings (SSSR count). The number of hydrogen-bond acceptors (Lipinski definition) is 5. The standard InChI is InChI=1S/C22H19ClN4O3S/c1-13(28)24-16-7-4-14(5-8-16)18-12-31-22(25-18)26-21(30)15-6-9-17(23)19(11-15)27-10-2-3-20(27)29/h4-9,11-12H,2-3,10H2,1H3,(H,24,28)(H,25,26,30). The minimum atomic E-state index is -0.327. The van der Waals surface area contributed by atoms with Crippen LogP contribution in [0.25, 0.3) is 11.3 Å². The van der Waals surface area contributed by atoms with E-state index < -0.39 is 0 Å². The van der Waals surface area contributed by atoms with E-state index in [9.17, 15) is 14.4 Å². The summed E-state index contributed by atoms with van der Waals surface area (Å²) < 4.78 is 0. The van der Waals surface area contributed by atoms with Crippen molar-refractivity contribution >= 4 is 57.2 Å². The molecule has 0 saturated carbocycles. The van der Waals surface area contributed by atoms with Crippen LogP contribution in [0.5, 0.6) is 0 Å². The number of nitrogens with one attached hydrogen (secondary N) is 2. The first-order chi connectivity index (χ1) is 14.9. The third-order valence-electron chi connectivity index (χ3n) is 4.80. The average Bonchev–Trinajstić information content (AvgIpc) is 3.37. The van der Waals surface area contributed by atoms with Crippen LogP contribution in [0.3, 0.4) is 0 Å². The van der Waals surface area contributed by atoms with Crippen molar-refractivity contribution < 1.29 is 14.4 Å². The summed E-state index contributed by atoms with van der Waals surface area (Å²) in [5.74, 6) is -0.453. The van der Waals surface area contributed by atoms with E-state index in [1.807, 2.05) is 17.5 Å². The molecule has 7 nitrogen and oxygen atoms in total. The van der Waals surface area contributed by atoms with Gasteiger partial charge in [0, 0.05) is 42.1 Å². The first-order valence-corrected chi connectivity index (χ1v) is 10.9. The van der Waals surface area contributed by atoms with Gasteiger partial charge in [0.2, 0.25) is 11.8 Å². The third kappa shape index (κ3) is 4.76. The zero-order valence-corrected chi connectivity index (χ0v) is 18.2. The number of rotatable bonds is 5. The predicted molar refractivity (Wildman–Crippen MR) is 123 cm³/mol. The first-order valence-electron chi connectivity index (χ1n) is 9.65. The fourth-order valence-electron chi connectivity index (χ4n) is 3.32. The zero-order chi connectivity index (χ0) is 22.0.